The second-order valence-electron chi connectivity index (χ2n) is 7.12. The highest BCUT2D eigenvalue weighted by Gasteiger charge is 2.64. The van der Waals surface area contributed by atoms with Gasteiger partial charge in [-0.05, 0) is 30.9 Å². The smallest absolute Gasteiger partial charge is 0.418 e. The van der Waals surface area contributed by atoms with Crippen molar-refractivity contribution in [3.05, 3.63) is 29.8 Å². The van der Waals surface area contributed by atoms with Gasteiger partial charge in [-0.1, -0.05) is 12.1 Å². The fourth-order valence-corrected chi connectivity index (χ4v) is 4.58. The lowest BCUT2D eigenvalue weighted by Gasteiger charge is -2.22. The third-order valence-electron chi connectivity index (χ3n) is 5.61. The van der Waals surface area contributed by atoms with Crippen LogP contribution in [0.1, 0.15) is 18.4 Å². The van der Waals surface area contributed by atoms with Crippen molar-refractivity contribution in [1.82, 2.24) is 0 Å². The zero-order valence-electron chi connectivity index (χ0n) is 14.0. The molecule has 1 aromatic rings. The van der Waals surface area contributed by atoms with E-state index in [1.165, 1.54) is 12.1 Å². The first-order valence-electron chi connectivity index (χ1n) is 8.59. The third kappa shape index (κ3) is 3.04. The number of alkyl halides is 3. The molecule has 1 saturated heterocycles. The summed E-state index contributed by atoms with van der Waals surface area (Å²) in [5.41, 5.74) is -1.40. The van der Waals surface area contributed by atoms with Crippen molar-refractivity contribution in [3.63, 3.8) is 0 Å². The van der Waals surface area contributed by atoms with Gasteiger partial charge < -0.3 is 14.8 Å². The highest BCUT2D eigenvalue weighted by molar-refractivity contribution is 5.94. The van der Waals surface area contributed by atoms with Gasteiger partial charge in [0.2, 0.25) is 0 Å². The van der Waals surface area contributed by atoms with Crippen molar-refractivity contribution in [1.29, 1.82) is 0 Å². The van der Waals surface area contributed by atoms with E-state index >= 15 is 0 Å². The zero-order valence-corrected chi connectivity index (χ0v) is 14.0. The molecule has 1 aliphatic heterocycles. The molecule has 144 valence electrons. The molecule has 2 bridgehead atoms. The van der Waals surface area contributed by atoms with Gasteiger partial charge in [-0.15, -0.1) is 0 Å². The number of ether oxygens (including phenoxy) is 2. The molecular formula is C18H16F3NO5. The molecule has 9 heteroatoms. The Morgan fingerprint density at radius 2 is 1.96 bits per heavy atom. The molecule has 3 aliphatic rings. The number of nitrogens with one attached hydrogen (secondary N) is 1. The first-order valence-corrected chi connectivity index (χ1v) is 8.59. The maximum Gasteiger partial charge on any atom is 0.418 e. The second-order valence-corrected chi connectivity index (χ2v) is 7.12. The minimum atomic E-state index is -4.62. The van der Waals surface area contributed by atoms with Gasteiger partial charge in [0.15, 0.2) is 6.61 Å². The quantitative estimate of drug-likeness (QED) is 0.808. The minimum absolute atomic E-state index is 0.0158. The van der Waals surface area contributed by atoms with Crippen LogP contribution < -0.4 is 5.32 Å². The molecule has 1 heterocycles. The van der Waals surface area contributed by atoms with Crippen molar-refractivity contribution >= 4 is 23.5 Å². The van der Waals surface area contributed by atoms with Crippen LogP contribution in [-0.2, 0) is 30.0 Å². The summed E-state index contributed by atoms with van der Waals surface area (Å²) < 4.78 is 49.1. The summed E-state index contributed by atoms with van der Waals surface area (Å²) in [6, 6.07) is 4.53. The Labute approximate surface area is 152 Å². The van der Waals surface area contributed by atoms with E-state index in [0.717, 1.165) is 12.1 Å². The fourth-order valence-electron chi connectivity index (χ4n) is 4.58. The number of carbonyl (C=O) groups excluding carboxylic acids is 3. The molecule has 1 amide bonds. The van der Waals surface area contributed by atoms with Crippen molar-refractivity contribution in [3.8, 4) is 0 Å². The molecule has 6 nitrogen and oxygen atoms in total. The van der Waals surface area contributed by atoms with Crippen molar-refractivity contribution in [2.75, 3.05) is 11.9 Å². The molecule has 0 unspecified atom stereocenters. The molecule has 0 radical (unpaired) electrons. The van der Waals surface area contributed by atoms with E-state index in [1.807, 2.05) is 0 Å². The first-order chi connectivity index (χ1) is 12.8. The Kier molecular flexibility index (Phi) is 4.12. The van der Waals surface area contributed by atoms with Gasteiger partial charge >= 0.3 is 18.1 Å². The number of hydrogen-bond donors (Lipinski definition) is 1. The third-order valence-corrected chi connectivity index (χ3v) is 5.61. The maximum absolute atomic E-state index is 12.9. The standard InChI is InChI=1S/C18H16F3NO5/c19-18(20,21)10-3-1-2-4-11(10)22-13(23)7-26-16(24)14-8-5-9-12(6-8)27-17(25)15(9)14/h1-4,8-9,12,14-15H,5-7H2,(H,22,23)/t8-,9-,12-,14+,15+/m1/s1. The van der Waals surface area contributed by atoms with Crippen LogP contribution in [0, 0.1) is 23.7 Å². The summed E-state index contributed by atoms with van der Waals surface area (Å²) in [7, 11) is 0. The maximum atomic E-state index is 12.9. The van der Waals surface area contributed by atoms with Gasteiger partial charge in [-0.2, -0.15) is 13.2 Å². The molecule has 27 heavy (non-hydrogen) atoms. The second kappa shape index (κ2) is 6.24. The summed E-state index contributed by atoms with van der Waals surface area (Å²) in [6.45, 7) is -0.718. The number of fused-ring (bicyclic) bond motifs is 1. The monoisotopic (exact) mass is 383 g/mol. The Hall–Kier alpha value is -2.58. The van der Waals surface area contributed by atoms with E-state index < -0.39 is 53.7 Å². The Bertz CT molecular complexity index is 806. The summed E-state index contributed by atoms with van der Waals surface area (Å²) in [5.74, 6) is -3.13. The Morgan fingerprint density at radius 3 is 2.70 bits per heavy atom. The van der Waals surface area contributed by atoms with E-state index in [2.05, 4.69) is 5.32 Å². The fraction of sp³-hybridized carbons (Fsp3) is 0.500. The number of amides is 1. The molecule has 0 aromatic heterocycles. The van der Waals surface area contributed by atoms with Gasteiger partial charge in [0, 0.05) is 5.92 Å². The normalized spacial score (nSPS) is 30.9. The first kappa shape index (κ1) is 17.8. The van der Waals surface area contributed by atoms with E-state index in [4.69, 9.17) is 9.47 Å². The largest absolute Gasteiger partial charge is 0.462 e. The highest BCUT2D eigenvalue weighted by atomic mass is 19.4. The number of hydrogen-bond acceptors (Lipinski definition) is 5. The summed E-state index contributed by atoms with van der Waals surface area (Å²) in [6.07, 6.45) is -3.42. The van der Waals surface area contributed by atoms with Crippen LogP contribution in [0.25, 0.3) is 0 Å². The van der Waals surface area contributed by atoms with Crippen molar-refractivity contribution in [2.45, 2.75) is 25.1 Å². The summed E-state index contributed by atoms with van der Waals surface area (Å²) in [5, 5.41) is 2.11. The molecule has 4 rings (SSSR count). The molecule has 3 fully saturated rings. The summed E-state index contributed by atoms with van der Waals surface area (Å²) >= 11 is 0. The van der Waals surface area contributed by atoms with Crippen LogP contribution in [-0.4, -0.2) is 30.6 Å². The number of esters is 2. The molecular weight excluding hydrogens is 367 g/mol. The topological polar surface area (TPSA) is 81.7 Å². The van der Waals surface area contributed by atoms with Gasteiger partial charge in [0.05, 0.1) is 23.1 Å². The van der Waals surface area contributed by atoms with Crippen LogP contribution in [0.5, 0.6) is 0 Å². The average Bonchev–Trinajstić information content (AvgIpc) is 3.21. The Morgan fingerprint density at radius 1 is 1.22 bits per heavy atom. The lowest BCUT2D eigenvalue weighted by atomic mass is 9.80. The molecule has 2 aliphatic carbocycles. The minimum Gasteiger partial charge on any atom is -0.462 e. The lowest BCUT2D eigenvalue weighted by Crippen LogP contribution is -2.35. The molecule has 1 N–H and O–H groups in total. The lowest BCUT2D eigenvalue weighted by molar-refractivity contribution is -0.157. The SMILES string of the molecule is O=C(COC(=O)[C@H]1[C@@H]2C[C@H]3[C@@H]1C(=O)O[C@@H]3C2)Nc1ccccc1C(F)(F)F. The van der Waals surface area contributed by atoms with Crippen LogP contribution in [0.4, 0.5) is 18.9 Å². The summed E-state index contributed by atoms with van der Waals surface area (Å²) in [4.78, 5) is 36.2. The molecule has 2 saturated carbocycles. The van der Waals surface area contributed by atoms with Gasteiger partial charge in [-0.3, -0.25) is 14.4 Å². The van der Waals surface area contributed by atoms with Crippen LogP contribution >= 0.6 is 0 Å². The average molecular weight is 383 g/mol. The number of anilines is 1. The zero-order chi connectivity index (χ0) is 19.3. The number of para-hydroxylation sites is 1. The number of carbonyl (C=O) groups is 3. The Balaban J connectivity index is 1.37. The highest BCUT2D eigenvalue weighted by Crippen LogP contribution is 2.57. The van der Waals surface area contributed by atoms with E-state index in [-0.39, 0.29) is 17.9 Å². The van der Waals surface area contributed by atoms with Crippen LogP contribution in [0.15, 0.2) is 24.3 Å². The van der Waals surface area contributed by atoms with Crippen LogP contribution in [0.2, 0.25) is 0 Å². The number of benzene rings is 1. The molecule has 0 spiro atoms. The van der Waals surface area contributed by atoms with E-state index in [0.29, 0.717) is 12.8 Å². The number of rotatable bonds is 4. The molecule has 5 atom stereocenters. The van der Waals surface area contributed by atoms with E-state index in [9.17, 15) is 27.6 Å². The van der Waals surface area contributed by atoms with Gasteiger partial charge in [0.25, 0.3) is 5.91 Å². The van der Waals surface area contributed by atoms with Gasteiger partial charge in [-0.25, -0.2) is 0 Å². The van der Waals surface area contributed by atoms with E-state index in [1.54, 1.807) is 0 Å². The predicted octanol–water partition coefficient (Wildman–Crippen LogP) is 2.38. The van der Waals surface area contributed by atoms with Crippen molar-refractivity contribution in [2.24, 2.45) is 23.7 Å². The van der Waals surface area contributed by atoms with Gasteiger partial charge in [0.1, 0.15) is 6.10 Å². The number of halogens is 3. The van der Waals surface area contributed by atoms with Crippen LogP contribution in [0.3, 0.4) is 0 Å². The molecule has 1 aromatic carbocycles. The predicted molar refractivity (Wildman–Crippen MR) is 84.1 cm³/mol. The van der Waals surface area contributed by atoms with Crippen molar-refractivity contribution < 1.29 is 37.0 Å².